The van der Waals surface area contributed by atoms with Crippen molar-refractivity contribution in [1.82, 2.24) is 9.88 Å². The van der Waals surface area contributed by atoms with Crippen molar-refractivity contribution in [2.24, 2.45) is 0 Å². The van der Waals surface area contributed by atoms with Gasteiger partial charge < -0.3 is 9.88 Å². The van der Waals surface area contributed by atoms with E-state index in [1.807, 2.05) is 55.6 Å². The van der Waals surface area contributed by atoms with Gasteiger partial charge in [-0.3, -0.25) is 4.79 Å². The van der Waals surface area contributed by atoms with Crippen LogP contribution in [-0.2, 0) is 4.79 Å². The highest BCUT2D eigenvalue weighted by Gasteiger charge is 2.11. The molecule has 1 N–H and O–H groups in total. The average molecular weight is 228 g/mol. The number of carbonyl (C=O) groups excluding carboxylic acids is 1. The van der Waals surface area contributed by atoms with Crippen LogP contribution >= 0.6 is 0 Å². The van der Waals surface area contributed by atoms with Crippen molar-refractivity contribution in [3.8, 4) is 5.69 Å². The molecule has 0 saturated heterocycles. The van der Waals surface area contributed by atoms with Crippen molar-refractivity contribution in [2.45, 2.75) is 19.9 Å². The summed E-state index contributed by atoms with van der Waals surface area (Å²) in [4.78, 5) is 11.1. The lowest BCUT2D eigenvalue weighted by Gasteiger charge is -2.16. The van der Waals surface area contributed by atoms with Gasteiger partial charge >= 0.3 is 0 Å². The number of hydrogen-bond acceptors (Lipinski definition) is 1. The second kappa shape index (κ2) is 4.87. The Morgan fingerprint density at radius 1 is 1.18 bits per heavy atom. The van der Waals surface area contributed by atoms with Crippen LogP contribution in [0.25, 0.3) is 5.69 Å². The summed E-state index contributed by atoms with van der Waals surface area (Å²) in [6, 6.07) is 14.1. The van der Waals surface area contributed by atoms with Gasteiger partial charge in [-0.25, -0.2) is 0 Å². The molecule has 1 aromatic heterocycles. The summed E-state index contributed by atoms with van der Waals surface area (Å²) >= 11 is 0. The Labute approximate surface area is 101 Å². The second-order valence-corrected chi connectivity index (χ2v) is 4.06. The number of aromatic nitrogens is 1. The van der Waals surface area contributed by atoms with Crippen molar-refractivity contribution >= 4 is 5.91 Å². The van der Waals surface area contributed by atoms with Crippen molar-refractivity contribution in [3.63, 3.8) is 0 Å². The first-order chi connectivity index (χ1) is 8.18. The molecule has 0 bridgehead atoms. The van der Waals surface area contributed by atoms with Crippen LogP contribution in [0.2, 0.25) is 0 Å². The summed E-state index contributed by atoms with van der Waals surface area (Å²) in [5.74, 6) is -0.0155. The number of rotatable bonds is 3. The van der Waals surface area contributed by atoms with E-state index in [-0.39, 0.29) is 11.9 Å². The summed E-state index contributed by atoms with van der Waals surface area (Å²) < 4.78 is 2.08. The molecule has 1 amide bonds. The van der Waals surface area contributed by atoms with Gasteiger partial charge in [0, 0.05) is 24.5 Å². The van der Waals surface area contributed by atoms with Gasteiger partial charge in [0.2, 0.25) is 5.91 Å². The highest BCUT2D eigenvalue weighted by atomic mass is 16.1. The molecule has 1 unspecified atom stereocenters. The zero-order valence-corrected chi connectivity index (χ0v) is 10.1. The standard InChI is InChI=1S/C14H16N2O/c1-11(15-12(2)17)14-9-6-10-16(14)13-7-4-3-5-8-13/h3-11H,1-2H3,(H,15,17). The quantitative estimate of drug-likeness (QED) is 0.861. The van der Waals surface area contributed by atoms with E-state index in [0.29, 0.717) is 0 Å². The molecule has 3 nitrogen and oxygen atoms in total. The molecule has 2 aromatic rings. The molecule has 17 heavy (non-hydrogen) atoms. The average Bonchev–Trinajstić information content (AvgIpc) is 2.78. The summed E-state index contributed by atoms with van der Waals surface area (Å²) in [7, 11) is 0. The second-order valence-electron chi connectivity index (χ2n) is 4.06. The fourth-order valence-corrected chi connectivity index (χ4v) is 1.95. The van der Waals surface area contributed by atoms with Crippen LogP contribution in [0.3, 0.4) is 0 Å². The van der Waals surface area contributed by atoms with E-state index in [2.05, 4.69) is 9.88 Å². The van der Waals surface area contributed by atoms with Gasteiger partial charge in [-0.1, -0.05) is 18.2 Å². The normalized spacial score (nSPS) is 12.1. The molecule has 0 aliphatic carbocycles. The van der Waals surface area contributed by atoms with Crippen LogP contribution in [0.5, 0.6) is 0 Å². The molecule has 1 aromatic carbocycles. The molecule has 1 atom stereocenters. The van der Waals surface area contributed by atoms with Gasteiger partial charge in [-0.15, -0.1) is 0 Å². The molecular weight excluding hydrogens is 212 g/mol. The van der Waals surface area contributed by atoms with Crippen LogP contribution in [0.4, 0.5) is 0 Å². The third-order valence-electron chi connectivity index (χ3n) is 2.68. The number of nitrogens with one attached hydrogen (secondary N) is 1. The maximum absolute atomic E-state index is 11.1. The van der Waals surface area contributed by atoms with Gasteiger partial charge in [-0.2, -0.15) is 0 Å². The maximum Gasteiger partial charge on any atom is 0.217 e. The summed E-state index contributed by atoms with van der Waals surface area (Å²) in [5.41, 5.74) is 2.18. The lowest BCUT2D eigenvalue weighted by atomic mass is 10.2. The van der Waals surface area contributed by atoms with E-state index in [1.165, 1.54) is 6.92 Å². The number of para-hydroxylation sites is 1. The molecule has 88 valence electrons. The fourth-order valence-electron chi connectivity index (χ4n) is 1.95. The van der Waals surface area contributed by atoms with E-state index in [1.54, 1.807) is 0 Å². The SMILES string of the molecule is CC(=O)NC(C)c1cccn1-c1ccccc1. The van der Waals surface area contributed by atoms with Crippen molar-refractivity contribution in [2.75, 3.05) is 0 Å². The molecule has 1 heterocycles. The molecule has 3 heteroatoms. The van der Waals surface area contributed by atoms with Crippen molar-refractivity contribution in [1.29, 1.82) is 0 Å². The molecule has 0 saturated carbocycles. The zero-order valence-electron chi connectivity index (χ0n) is 10.1. The molecule has 0 aliphatic rings. The first-order valence-corrected chi connectivity index (χ1v) is 5.68. The largest absolute Gasteiger partial charge is 0.348 e. The Morgan fingerprint density at radius 2 is 1.88 bits per heavy atom. The Balaban J connectivity index is 2.32. The molecule has 2 rings (SSSR count). The van der Waals surface area contributed by atoms with E-state index in [4.69, 9.17) is 0 Å². The van der Waals surface area contributed by atoms with Gasteiger partial charge in [-0.05, 0) is 31.2 Å². The highest BCUT2D eigenvalue weighted by Crippen LogP contribution is 2.18. The highest BCUT2D eigenvalue weighted by molar-refractivity contribution is 5.73. The van der Waals surface area contributed by atoms with E-state index in [9.17, 15) is 4.79 Å². The van der Waals surface area contributed by atoms with Crippen molar-refractivity contribution < 1.29 is 4.79 Å². The molecule has 0 spiro atoms. The lowest BCUT2D eigenvalue weighted by Crippen LogP contribution is -2.25. The smallest absolute Gasteiger partial charge is 0.217 e. The first-order valence-electron chi connectivity index (χ1n) is 5.68. The molecule has 0 fully saturated rings. The number of benzene rings is 1. The Hall–Kier alpha value is -2.03. The molecule has 0 aliphatic heterocycles. The van der Waals surface area contributed by atoms with Crippen LogP contribution in [0.15, 0.2) is 48.7 Å². The van der Waals surface area contributed by atoms with E-state index >= 15 is 0 Å². The minimum absolute atomic E-state index is 0.00251. The van der Waals surface area contributed by atoms with E-state index < -0.39 is 0 Å². The first kappa shape index (κ1) is 11.5. The molecule has 0 radical (unpaired) electrons. The fraction of sp³-hybridized carbons (Fsp3) is 0.214. The minimum atomic E-state index is -0.0155. The number of nitrogens with zero attached hydrogens (tertiary/aromatic N) is 1. The lowest BCUT2D eigenvalue weighted by molar-refractivity contribution is -0.119. The topological polar surface area (TPSA) is 34.0 Å². The number of carbonyl (C=O) groups is 1. The summed E-state index contributed by atoms with van der Waals surface area (Å²) in [6.07, 6.45) is 2.00. The third kappa shape index (κ3) is 2.56. The maximum atomic E-state index is 11.1. The Bertz CT molecular complexity index is 502. The summed E-state index contributed by atoms with van der Waals surface area (Å²) in [6.45, 7) is 3.52. The minimum Gasteiger partial charge on any atom is -0.348 e. The van der Waals surface area contributed by atoms with Crippen LogP contribution in [0, 0.1) is 0 Å². The third-order valence-corrected chi connectivity index (χ3v) is 2.68. The molecular formula is C14H16N2O. The number of amides is 1. The zero-order chi connectivity index (χ0) is 12.3. The van der Waals surface area contributed by atoms with Crippen LogP contribution in [-0.4, -0.2) is 10.5 Å². The van der Waals surface area contributed by atoms with Crippen LogP contribution < -0.4 is 5.32 Å². The van der Waals surface area contributed by atoms with Gasteiger partial charge in [0.1, 0.15) is 0 Å². The van der Waals surface area contributed by atoms with Gasteiger partial charge in [0.05, 0.1) is 6.04 Å². The van der Waals surface area contributed by atoms with Crippen LogP contribution in [0.1, 0.15) is 25.6 Å². The van der Waals surface area contributed by atoms with Crippen molar-refractivity contribution in [3.05, 3.63) is 54.4 Å². The predicted molar refractivity (Wildman–Crippen MR) is 68.0 cm³/mol. The Morgan fingerprint density at radius 3 is 2.53 bits per heavy atom. The van der Waals surface area contributed by atoms with E-state index in [0.717, 1.165) is 11.4 Å². The predicted octanol–water partition coefficient (Wildman–Crippen LogP) is 2.67. The summed E-state index contributed by atoms with van der Waals surface area (Å²) in [5, 5.41) is 2.90. The van der Waals surface area contributed by atoms with Gasteiger partial charge in [0.15, 0.2) is 0 Å². The Kier molecular flexibility index (Phi) is 3.28. The van der Waals surface area contributed by atoms with Gasteiger partial charge in [0.25, 0.3) is 0 Å². The number of hydrogen-bond donors (Lipinski definition) is 1. The monoisotopic (exact) mass is 228 g/mol.